The number of alkyl halides is 3. The van der Waals surface area contributed by atoms with Gasteiger partial charge in [-0.1, -0.05) is 25.8 Å². The zero-order valence-corrected chi connectivity index (χ0v) is 21.1. The van der Waals surface area contributed by atoms with Crippen LogP contribution in [0.1, 0.15) is 80.8 Å². The summed E-state index contributed by atoms with van der Waals surface area (Å²) in [4.78, 5) is 12.1. The van der Waals surface area contributed by atoms with E-state index in [1.807, 2.05) is 6.92 Å². The fourth-order valence-corrected chi connectivity index (χ4v) is 6.56. The first-order chi connectivity index (χ1) is 16.3. The predicted octanol–water partition coefficient (Wildman–Crippen LogP) is 7.43. The van der Waals surface area contributed by atoms with Crippen molar-refractivity contribution >= 4 is 15.6 Å². The van der Waals surface area contributed by atoms with Gasteiger partial charge in [-0.15, -0.1) is 0 Å². The number of ketones is 1. The van der Waals surface area contributed by atoms with Gasteiger partial charge in [-0.2, -0.15) is 13.2 Å². The van der Waals surface area contributed by atoms with Crippen molar-refractivity contribution in [2.24, 2.45) is 11.8 Å². The Morgan fingerprint density at radius 2 is 1.71 bits per heavy atom. The monoisotopic (exact) mass is 512 g/mol. The fraction of sp³-hybridized carbons (Fsp3) is 0.519. The van der Waals surface area contributed by atoms with E-state index in [2.05, 4.69) is 0 Å². The smallest absolute Gasteiger partial charge is 0.294 e. The van der Waals surface area contributed by atoms with Crippen molar-refractivity contribution in [3.05, 3.63) is 65.0 Å². The number of rotatable bonds is 10. The third-order valence-corrected chi connectivity index (χ3v) is 9.99. The molecule has 1 aliphatic carbocycles. The molecule has 0 saturated heterocycles. The van der Waals surface area contributed by atoms with Gasteiger partial charge < -0.3 is 0 Å². The number of benzene rings is 2. The lowest BCUT2D eigenvalue weighted by molar-refractivity contribution is -0.137. The molecule has 0 atom stereocenters. The molecule has 2 aromatic rings. The molecule has 3 rings (SSSR count). The largest absolute Gasteiger partial charge is 0.416 e. The van der Waals surface area contributed by atoms with E-state index in [0.717, 1.165) is 31.0 Å². The molecule has 1 fully saturated rings. The Kier molecular flexibility index (Phi) is 8.14. The van der Waals surface area contributed by atoms with E-state index in [4.69, 9.17) is 0 Å². The molecule has 2 aromatic carbocycles. The van der Waals surface area contributed by atoms with Gasteiger partial charge in [-0.25, -0.2) is 12.8 Å². The Bertz CT molecular complexity index is 1160. The van der Waals surface area contributed by atoms with Gasteiger partial charge in [0.2, 0.25) is 0 Å². The van der Waals surface area contributed by atoms with Gasteiger partial charge in [0.15, 0.2) is 15.6 Å². The number of sulfone groups is 1. The van der Waals surface area contributed by atoms with Gasteiger partial charge in [-0.3, -0.25) is 4.79 Å². The van der Waals surface area contributed by atoms with E-state index in [1.165, 1.54) is 18.2 Å². The van der Waals surface area contributed by atoms with Crippen LogP contribution in [0.15, 0.2) is 47.4 Å². The second-order valence-corrected chi connectivity index (χ2v) is 12.5. The normalized spacial score (nSPS) is 18.8. The minimum Gasteiger partial charge on any atom is -0.294 e. The van der Waals surface area contributed by atoms with Crippen LogP contribution in [0.3, 0.4) is 0 Å². The van der Waals surface area contributed by atoms with Crippen LogP contribution >= 0.6 is 0 Å². The quantitative estimate of drug-likeness (QED) is 0.189. The first-order valence-electron chi connectivity index (χ1n) is 12.0. The molecule has 3 nitrogen and oxygen atoms in total. The average Bonchev–Trinajstić information content (AvgIpc) is 2.77. The SMILES string of the molecule is CCc1cc(C(=O)CCCCC2CC(C(C)(C)S(=O)(=O)c3cccc(C(F)(F)F)c3)C2)ccc1F. The van der Waals surface area contributed by atoms with Crippen molar-refractivity contribution in [3.8, 4) is 0 Å². The van der Waals surface area contributed by atoms with E-state index in [-0.39, 0.29) is 22.4 Å². The van der Waals surface area contributed by atoms with Crippen molar-refractivity contribution in [1.82, 2.24) is 0 Å². The molecule has 0 radical (unpaired) electrons. The Balaban J connectivity index is 1.50. The molecular weight excluding hydrogens is 480 g/mol. The van der Waals surface area contributed by atoms with Crippen LogP contribution in [0.2, 0.25) is 0 Å². The van der Waals surface area contributed by atoms with Crippen molar-refractivity contribution < 1.29 is 30.8 Å². The highest BCUT2D eigenvalue weighted by atomic mass is 32.2. The number of hydrogen-bond acceptors (Lipinski definition) is 3. The first kappa shape index (κ1) is 27.4. The molecule has 0 unspecified atom stereocenters. The highest BCUT2D eigenvalue weighted by Gasteiger charge is 2.48. The summed E-state index contributed by atoms with van der Waals surface area (Å²) in [5.41, 5.74) is 0.0783. The summed E-state index contributed by atoms with van der Waals surface area (Å²) in [5.74, 6) is -0.120. The third-order valence-electron chi connectivity index (χ3n) is 7.40. The molecule has 1 saturated carbocycles. The summed E-state index contributed by atoms with van der Waals surface area (Å²) in [5, 5.41) is 0. The standard InChI is InChI=1S/C27H32F4O3S/c1-4-19-16-20(12-13-24(19)28)25(32)11-6-5-8-18-14-22(15-18)26(2,3)35(33,34)23-10-7-9-21(17-23)27(29,30)31/h7,9-10,12-13,16-18,22H,4-6,8,11,14-15H2,1-3H3. The van der Waals surface area contributed by atoms with Crippen molar-refractivity contribution in [1.29, 1.82) is 0 Å². The number of aryl methyl sites for hydroxylation is 1. The first-order valence-corrected chi connectivity index (χ1v) is 13.5. The lowest BCUT2D eigenvalue weighted by Crippen LogP contribution is -2.46. The molecular formula is C27H32F4O3S. The zero-order chi connectivity index (χ0) is 26.0. The topological polar surface area (TPSA) is 51.2 Å². The van der Waals surface area contributed by atoms with E-state index >= 15 is 0 Å². The molecule has 0 spiro atoms. The number of halogens is 4. The van der Waals surface area contributed by atoms with Gasteiger partial charge in [0.25, 0.3) is 0 Å². The van der Waals surface area contributed by atoms with Crippen LogP contribution in [0.4, 0.5) is 17.6 Å². The van der Waals surface area contributed by atoms with Crippen LogP contribution in [-0.4, -0.2) is 18.9 Å². The molecule has 0 bridgehead atoms. The van der Waals surface area contributed by atoms with Crippen LogP contribution in [0, 0.1) is 17.7 Å². The van der Waals surface area contributed by atoms with E-state index in [1.54, 1.807) is 19.9 Å². The molecule has 1 aliphatic rings. The van der Waals surface area contributed by atoms with Gasteiger partial charge in [0, 0.05) is 12.0 Å². The zero-order valence-electron chi connectivity index (χ0n) is 20.3. The maximum atomic E-state index is 13.6. The van der Waals surface area contributed by atoms with Crippen molar-refractivity contribution in [3.63, 3.8) is 0 Å². The number of Topliss-reactive ketones (excluding diaryl/α,β-unsaturated/α-hetero) is 1. The summed E-state index contributed by atoms with van der Waals surface area (Å²) in [6.07, 6.45) is 0.0706. The van der Waals surface area contributed by atoms with Gasteiger partial charge in [0.05, 0.1) is 15.2 Å². The third kappa shape index (κ3) is 5.96. The molecule has 0 aliphatic heterocycles. The Morgan fingerprint density at radius 1 is 1.03 bits per heavy atom. The van der Waals surface area contributed by atoms with Crippen LogP contribution in [0.5, 0.6) is 0 Å². The summed E-state index contributed by atoms with van der Waals surface area (Å²) in [7, 11) is -3.95. The fourth-order valence-electron chi connectivity index (χ4n) is 4.78. The minimum absolute atomic E-state index is 0.0144. The predicted molar refractivity (Wildman–Crippen MR) is 127 cm³/mol. The van der Waals surface area contributed by atoms with Gasteiger partial charge >= 0.3 is 6.18 Å². The molecule has 192 valence electrons. The molecule has 0 N–H and O–H groups in total. The Morgan fingerprint density at radius 3 is 2.34 bits per heavy atom. The number of carbonyl (C=O) groups excluding carboxylic acids is 1. The van der Waals surface area contributed by atoms with E-state index in [0.29, 0.717) is 49.1 Å². The molecule has 0 aromatic heterocycles. The second kappa shape index (κ2) is 10.4. The minimum atomic E-state index is -4.60. The molecule has 8 heteroatoms. The maximum Gasteiger partial charge on any atom is 0.416 e. The number of hydrogen-bond donors (Lipinski definition) is 0. The second-order valence-electron chi connectivity index (χ2n) is 10.00. The summed E-state index contributed by atoms with van der Waals surface area (Å²) in [6.45, 7) is 5.02. The summed E-state index contributed by atoms with van der Waals surface area (Å²) in [6, 6.07) is 8.40. The van der Waals surface area contributed by atoms with Crippen molar-refractivity contribution in [2.45, 2.75) is 81.5 Å². The average molecular weight is 513 g/mol. The van der Waals surface area contributed by atoms with Gasteiger partial charge in [0.1, 0.15) is 5.82 Å². The van der Waals surface area contributed by atoms with Gasteiger partial charge in [-0.05, 0) is 93.3 Å². The Labute approximate surface area is 204 Å². The lowest BCUT2D eigenvalue weighted by Gasteiger charge is -2.45. The van der Waals surface area contributed by atoms with Crippen LogP contribution in [0.25, 0.3) is 0 Å². The van der Waals surface area contributed by atoms with Crippen LogP contribution in [-0.2, 0) is 22.4 Å². The van der Waals surface area contributed by atoms with E-state index < -0.39 is 26.3 Å². The lowest BCUT2D eigenvalue weighted by atomic mass is 9.67. The van der Waals surface area contributed by atoms with Crippen molar-refractivity contribution in [2.75, 3.05) is 0 Å². The highest BCUT2D eigenvalue weighted by molar-refractivity contribution is 7.92. The summed E-state index contributed by atoms with van der Waals surface area (Å²) < 4.78 is 78.0. The van der Waals surface area contributed by atoms with Crippen LogP contribution < -0.4 is 0 Å². The van der Waals surface area contributed by atoms with E-state index in [9.17, 15) is 30.8 Å². The highest BCUT2D eigenvalue weighted by Crippen LogP contribution is 2.48. The Hall–Kier alpha value is -2.22. The number of unbranched alkanes of at least 4 members (excludes halogenated alkanes) is 1. The number of carbonyl (C=O) groups is 1. The molecule has 35 heavy (non-hydrogen) atoms. The summed E-state index contributed by atoms with van der Waals surface area (Å²) >= 11 is 0. The molecule has 0 heterocycles. The maximum absolute atomic E-state index is 13.6. The molecule has 0 amide bonds.